The molecule has 2 heterocycles. The van der Waals surface area contributed by atoms with E-state index in [0.29, 0.717) is 5.89 Å². The fourth-order valence-electron chi connectivity index (χ4n) is 1.12. The molecule has 2 aromatic heterocycles. The van der Waals surface area contributed by atoms with Gasteiger partial charge in [0.2, 0.25) is 5.89 Å². The molecule has 0 aliphatic rings. The van der Waals surface area contributed by atoms with Gasteiger partial charge in [-0.1, -0.05) is 0 Å². The zero-order chi connectivity index (χ0) is 9.97. The Morgan fingerprint density at radius 2 is 2.50 bits per heavy atom. The second kappa shape index (κ2) is 4.41. The molecule has 0 fully saturated rings. The molecule has 5 heteroatoms. The minimum atomic E-state index is 0.703. The first-order chi connectivity index (χ1) is 6.79. The quantitative estimate of drug-likeness (QED) is 0.884. The molecule has 0 unspecified atom stereocenters. The van der Waals surface area contributed by atoms with Crippen molar-refractivity contribution in [1.82, 2.24) is 10.3 Å². The highest BCUT2D eigenvalue weighted by atomic mass is 127. The van der Waals surface area contributed by atoms with E-state index in [1.807, 2.05) is 7.05 Å². The Labute approximate surface area is 99.7 Å². The summed E-state index contributed by atoms with van der Waals surface area (Å²) in [5.41, 5.74) is 1.99. The standard InChI is InChI=1S/C9H9IN2OS/c1-11-3-7-4-13-9(12-7)6-2-8(10)14-5-6/h2,4-5,11H,3H2,1H3. The third-order valence-corrected chi connectivity index (χ3v) is 3.51. The molecule has 14 heavy (non-hydrogen) atoms. The van der Waals surface area contributed by atoms with Crippen LogP contribution in [0.1, 0.15) is 5.69 Å². The van der Waals surface area contributed by atoms with E-state index >= 15 is 0 Å². The van der Waals surface area contributed by atoms with Crippen LogP contribution in [0, 0.1) is 2.88 Å². The summed E-state index contributed by atoms with van der Waals surface area (Å²) in [4.78, 5) is 4.36. The Morgan fingerprint density at radius 3 is 3.14 bits per heavy atom. The van der Waals surface area contributed by atoms with Crippen LogP contribution in [0.5, 0.6) is 0 Å². The molecular formula is C9H9IN2OS. The zero-order valence-electron chi connectivity index (χ0n) is 7.58. The van der Waals surface area contributed by atoms with Crippen LogP contribution in [0.15, 0.2) is 22.1 Å². The van der Waals surface area contributed by atoms with Crippen molar-refractivity contribution in [3.8, 4) is 11.5 Å². The van der Waals surface area contributed by atoms with Crippen molar-refractivity contribution in [2.75, 3.05) is 7.05 Å². The average molecular weight is 320 g/mol. The predicted octanol–water partition coefficient (Wildman–Crippen LogP) is 2.73. The predicted molar refractivity (Wildman–Crippen MR) is 65.3 cm³/mol. The van der Waals surface area contributed by atoms with Gasteiger partial charge >= 0.3 is 0 Å². The molecule has 0 amide bonds. The lowest BCUT2D eigenvalue weighted by atomic mass is 10.3. The minimum Gasteiger partial charge on any atom is -0.444 e. The Morgan fingerprint density at radius 1 is 1.64 bits per heavy atom. The van der Waals surface area contributed by atoms with Gasteiger partial charge in [0.1, 0.15) is 6.26 Å². The molecule has 2 rings (SSSR count). The van der Waals surface area contributed by atoms with Crippen LogP contribution in [0.4, 0.5) is 0 Å². The highest BCUT2D eigenvalue weighted by Gasteiger charge is 2.07. The lowest BCUT2D eigenvalue weighted by molar-refractivity contribution is 0.572. The Hall–Kier alpha value is -0.400. The molecule has 0 spiro atoms. The van der Waals surface area contributed by atoms with Gasteiger partial charge in [-0.05, 0) is 35.7 Å². The summed E-state index contributed by atoms with van der Waals surface area (Å²) < 4.78 is 6.61. The van der Waals surface area contributed by atoms with Crippen molar-refractivity contribution in [1.29, 1.82) is 0 Å². The topological polar surface area (TPSA) is 38.1 Å². The summed E-state index contributed by atoms with van der Waals surface area (Å²) in [5.74, 6) is 0.703. The minimum absolute atomic E-state index is 0.703. The molecule has 0 saturated carbocycles. The van der Waals surface area contributed by atoms with Crippen molar-refractivity contribution >= 4 is 33.9 Å². The maximum absolute atomic E-state index is 5.37. The Bertz CT molecular complexity index is 424. The molecule has 0 aromatic carbocycles. The number of hydrogen-bond acceptors (Lipinski definition) is 4. The SMILES string of the molecule is CNCc1coc(-c2csc(I)c2)n1. The Balaban J connectivity index is 2.24. The number of oxazole rings is 1. The van der Waals surface area contributed by atoms with E-state index in [4.69, 9.17) is 4.42 Å². The van der Waals surface area contributed by atoms with E-state index in [0.717, 1.165) is 17.8 Å². The van der Waals surface area contributed by atoms with Gasteiger partial charge in [0, 0.05) is 17.5 Å². The number of rotatable bonds is 3. The summed E-state index contributed by atoms with van der Waals surface area (Å²) in [6.45, 7) is 0.741. The van der Waals surface area contributed by atoms with Crippen molar-refractivity contribution in [3.05, 3.63) is 26.3 Å². The first kappa shape index (κ1) is 10.1. The number of thiophene rings is 1. The highest BCUT2D eigenvalue weighted by Crippen LogP contribution is 2.25. The van der Waals surface area contributed by atoms with E-state index in [1.54, 1.807) is 17.6 Å². The second-order valence-corrected chi connectivity index (χ2v) is 5.62. The summed E-state index contributed by atoms with van der Waals surface area (Å²) in [5, 5.41) is 5.08. The number of nitrogens with zero attached hydrogens (tertiary/aromatic N) is 1. The molecule has 3 nitrogen and oxygen atoms in total. The van der Waals surface area contributed by atoms with E-state index in [1.165, 1.54) is 2.88 Å². The van der Waals surface area contributed by atoms with Gasteiger partial charge in [-0.15, -0.1) is 11.3 Å². The number of halogens is 1. The van der Waals surface area contributed by atoms with Crippen LogP contribution < -0.4 is 5.32 Å². The van der Waals surface area contributed by atoms with Crippen molar-refractivity contribution in [2.45, 2.75) is 6.54 Å². The number of nitrogens with one attached hydrogen (secondary N) is 1. The van der Waals surface area contributed by atoms with Gasteiger partial charge in [0.25, 0.3) is 0 Å². The van der Waals surface area contributed by atoms with Gasteiger partial charge < -0.3 is 9.73 Å². The smallest absolute Gasteiger partial charge is 0.227 e. The fourth-order valence-corrected chi connectivity index (χ4v) is 2.44. The summed E-state index contributed by atoms with van der Waals surface area (Å²) >= 11 is 3.98. The molecule has 0 radical (unpaired) electrons. The van der Waals surface area contributed by atoms with E-state index in [-0.39, 0.29) is 0 Å². The highest BCUT2D eigenvalue weighted by molar-refractivity contribution is 14.1. The van der Waals surface area contributed by atoms with Gasteiger partial charge in [0.05, 0.1) is 8.58 Å². The van der Waals surface area contributed by atoms with Crippen LogP contribution in [-0.2, 0) is 6.54 Å². The largest absolute Gasteiger partial charge is 0.444 e. The molecule has 0 aliphatic carbocycles. The van der Waals surface area contributed by atoms with E-state index < -0.39 is 0 Å². The van der Waals surface area contributed by atoms with Gasteiger partial charge in [-0.2, -0.15) is 0 Å². The average Bonchev–Trinajstić information content (AvgIpc) is 2.74. The van der Waals surface area contributed by atoms with Crippen LogP contribution in [0.3, 0.4) is 0 Å². The van der Waals surface area contributed by atoms with E-state index in [2.05, 4.69) is 44.3 Å². The summed E-state index contributed by atoms with van der Waals surface area (Å²) in [6.07, 6.45) is 1.69. The lowest BCUT2D eigenvalue weighted by Crippen LogP contribution is -2.04. The molecule has 1 N–H and O–H groups in total. The normalized spacial score (nSPS) is 10.7. The Kier molecular flexibility index (Phi) is 3.19. The monoisotopic (exact) mass is 320 g/mol. The molecule has 0 aliphatic heterocycles. The van der Waals surface area contributed by atoms with Crippen LogP contribution >= 0.6 is 33.9 Å². The number of aromatic nitrogens is 1. The molecular weight excluding hydrogens is 311 g/mol. The zero-order valence-corrected chi connectivity index (χ0v) is 10.6. The maximum atomic E-state index is 5.37. The van der Waals surface area contributed by atoms with Crippen LogP contribution in [-0.4, -0.2) is 12.0 Å². The van der Waals surface area contributed by atoms with Crippen molar-refractivity contribution in [2.24, 2.45) is 0 Å². The molecule has 2 aromatic rings. The fraction of sp³-hybridized carbons (Fsp3) is 0.222. The van der Waals surface area contributed by atoms with Gasteiger partial charge in [-0.25, -0.2) is 4.98 Å². The van der Waals surface area contributed by atoms with Gasteiger partial charge in [0.15, 0.2) is 0 Å². The summed E-state index contributed by atoms with van der Waals surface area (Å²) in [6, 6.07) is 2.07. The number of hydrogen-bond donors (Lipinski definition) is 1. The first-order valence-corrected chi connectivity index (χ1v) is 6.09. The molecule has 0 bridgehead atoms. The van der Waals surface area contributed by atoms with Crippen LogP contribution in [0.2, 0.25) is 0 Å². The molecule has 0 atom stereocenters. The molecule has 74 valence electrons. The van der Waals surface area contributed by atoms with E-state index in [9.17, 15) is 0 Å². The van der Waals surface area contributed by atoms with Crippen LogP contribution in [0.25, 0.3) is 11.5 Å². The molecule has 0 saturated heterocycles. The second-order valence-electron chi connectivity index (χ2n) is 2.81. The van der Waals surface area contributed by atoms with Crippen molar-refractivity contribution < 1.29 is 4.42 Å². The first-order valence-electron chi connectivity index (χ1n) is 4.13. The van der Waals surface area contributed by atoms with Crippen molar-refractivity contribution in [3.63, 3.8) is 0 Å². The third-order valence-electron chi connectivity index (χ3n) is 1.72. The lowest BCUT2D eigenvalue weighted by Gasteiger charge is -1.89. The van der Waals surface area contributed by atoms with Gasteiger partial charge in [-0.3, -0.25) is 0 Å². The third kappa shape index (κ3) is 2.15. The summed E-state index contributed by atoms with van der Waals surface area (Å²) in [7, 11) is 1.89. The maximum Gasteiger partial charge on any atom is 0.227 e.